The van der Waals surface area contributed by atoms with Crippen LogP contribution in [-0.2, 0) is 4.79 Å². The summed E-state index contributed by atoms with van der Waals surface area (Å²) in [4.78, 5) is 16.3. The van der Waals surface area contributed by atoms with Gasteiger partial charge in [0, 0.05) is 5.02 Å². The van der Waals surface area contributed by atoms with Gasteiger partial charge in [0.15, 0.2) is 5.13 Å². The van der Waals surface area contributed by atoms with E-state index in [0.717, 1.165) is 10.2 Å². The van der Waals surface area contributed by atoms with E-state index in [1.54, 1.807) is 6.07 Å². The van der Waals surface area contributed by atoms with Crippen molar-refractivity contribution in [2.24, 2.45) is 11.1 Å². The van der Waals surface area contributed by atoms with Crippen LogP contribution in [-0.4, -0.2) is 16.9 Å². The maximum atomic E-state index is 12.0. The fraction of sp³-hybridized carbons (Fsp3) is 0.385. The Labute approximate surface area is 121 Å². The zero-order chi connectivity index (χ0) is 14.2. The predicted molar refractivity (Wildman–Crippen MR) is 80.7 cm³/mol. The van der Waals surface area contributed by atoms with Crippen molar-refractivity contribution in [3.05, 3.63) is 23.2 Å². The Bertz CT molecular complexity index is 618. The number of hydrogen-bond acceptors (Lipinski definition) is 4. The molecule has 1 amide bonds. The van der Waals surface area contributed by atoms with Crippen LogP contribution in [0.3, 0.4) is 0 Å². The van der Waals surface area contributed by atoms with Crippen LogP contribution in [0.25, 0.3) is 10.2 Å². The molecule has 1 atom stereocenters. The lowest BCUT2D eigenvalue weighted by atomic mass is 9.87. The van der Waals surface area contributed by atoms with Gasteiger partial charge in [0.2, 0.25) is 5.91 Å². The van der Waals surface area contributed by atoms with Crippen LogP contribution < -0.4 is 11.1 Å². The second kappa shape index (κ2) is 5.07. The summed E-state index contributed by atoms with van der Waals surface area (Å²) in [6.45, 7) is 5.78. The molecule has 0 bridgehead atoms. The summed E-state index contributed by atoms with van der Waals surface area (Å²) in [6, 6.07) is 4.85. The lowest BCUT2D eigenvalue weighted by Gasteiger charge is -2.25. The Morgan fingerprint density at radius 2 is 2.16 bits per heavy atom. The van der Waals surface area contributed by atoms with Gasteiger partial charge in [0.1, 0.15) is 0 Å². The average molecular weight is 298 g/mol. The zero-order valence-corrected chi connectivity index (χ0v) is 12.6. The quantitative estimate of drug-likeness (QED) is 0.894. The lowest BCUT2D eigenvalue weighted by Crippen LogP contribution is -2.45. The third-order valence-corrected chi connectivity index (χ3v) is 3.96. The van der Waals surface area contributed by atoms with Gasteiger partial charge in [0.25, 0.3) is 0 Å². The van der Waals surface area contributed by atoms with Gasteiger partial charge in [-0.15, -0.1) is 0 Å². The van der Waals surface area contributed by atoms with Crippen molar-refractivity contribution in [1.82, 2.24) is 4.98 Å². The molecule has 0 aliphatic rings. The van der Waals surface area contributed by atoms with Gasteiger partial charge in [0.05, 0.1) is 16.3 Å². The minimum absolute atomic E-state index is 0.224. The average Bonchev–Trinajstić information content (AvgIpc) is 2.67. The number of aromatic nitrogens is 1. The minimum Gasteiger partial charge on any atom is -0.319 e. The summed E-state index contributed by atoms with van der Waals surface area (Å²) < 4.78 is 0.937. The van der Waals surface area contributed by atoms with Gasteiger partial charge in [-0.05, 0) is 23.6 Å². The Morgan fingerprint density at radius 3 is 2.79 bits per heavy atom. The highest BCUT2D eigenvalue weighted by Gasteiger charge is 2.28. The highest BCUT2D eigenvalue weighted by Crippen LogP contribution is 2.28. The Balaban J connectivity index is 2.20. The Kier molecular flexibility index (Phi) is 3.80. The van der Waals surface area contributed by atoms with Crippen LogP contribution >= 0.6 is 22.9 Å². The molecule has 1 aromatic heterocycles. The van der Waals surface area contributed by atoms with E-state index in [-0.39, 0.29) is 11.3 Å². The van der Waals surface area contributed by atoms with E-state index in [1.165, 1.54) is 11.3 Å². The summed E-state index contributed by atoms with van der Waals surface area (Å²) in [6.07, 6.45) is 0. The molecule has 0 fully saturated rings. The molecule has 6 heteroatoms. The van der Waals surface area contributed by atoms with Crippen molar-refractivity contribution in [1.29, 1.82) is 0 Å². The summed E-state index contributed by atoms with van der Waals surface area (Å²) in [5, 5.41) is 3.95. The standard InChI is InChI=1S/C13H16ClN3OS/c1-13(2,3)10(15)11(18)17-12-16-8-5-4-7(14)6-9(8)19-12/h4-6,10H,15H2,1-3H3,(H,16,17,18)/t10-/m0/s1. The van der Waals surface area contributed by atoms with E-state index >= 15 is 0 Å². The summed E-state index contributed by atoms with van der Waals surface area (Å²) in [5.74, 6) is -0.224. The van der Waals surface area contributed by atoms with Gasteiger partial charge in [-0.2, -0.15) is 0 Å². The van der Waals surface area contributed by atoms with Crippen molar-refractivity contribution in [2.45, 2.75) is 26.8 Å². The fourth-order valence-corrected chi connectivity index (χ4v) is 2.67. The summed E-state index contributed by atoms with van der Waals surface area (Å²) >= 11 is 7.30. The number of carbonyl (C=O) groups excluding carboxylic acids is 1. The van der Waals surface area contributed by atoms with Crippen molar-refractivity contribution in [2.75, 3.05) is 5.32 Å². The van der Waals surface area contributed by atoms with E-state index < -0.39 is 6.04 Å². The fourth-order valence-electron chi connectivity index (χ4n) is 1.53. The number of benzene rings is 1. The molecular formula is C13H16ClN3OS. The second-order valence-electron chi connectivity index (χ2n) is 5.46. The first-order chi connectivity index (χ1) is 8.77. The number of fused-ring (bicyclic) bond motifs is 1. The normalized spacial score (nSPS) is 13.5. The molecule has 0 spiro atoms. The highest BCUT2D eigenvalue weighted by molar-refractivity contribution is 7.22. The van der Waals surface area contributed by atoms with Gasteiger partial charge in [-0.1, -0.05) is 43.7 Å². The van der Waals surface area contributed by atoms with Gasteiger partial charge in [-0.3, -0.25) is 4.79 Å². The maximum absolute atomic E-state index is 12.0. The number of hydrogen-bond donors (Lipinski definition) is 2. The first-order valence-corrected chi connectivity index (χ1v) is 7.09. The number of amides is 1. The predicted octanol–water partition coefficient (Wildman–Crippen LogP) is 3.26. The molecular weight excluding hydrogens is 282 g/mol. The third kappa shape index (κ3) is 3.23. The van der Waals surface area contributed by atoms with Crippen LogP contribution in [0.4, 0.5) is 5.13 Å². The van der Waals surface area contributed by atoms with Gasteiger partial charge >= 0.3 is 0 Å². The minimum atomic E-state index is -0.580. The van der Waals surface area contributed by atoms with Crippen LogP contribution in [0, 0.1) is 5.41 Å². The first kappa shape index (κ1) is 14.2. The molecule has 0 saturated carbocycles. The van der Waals surface area contributed by atoms with E-state index in [9.17, 15) is 4.79 Å². The van der Waals surface area contributed by atoms with Crippen molar-refractivity contribution in [3.63, 3.8) is 0 Å². The number of nitrogens with one attached hydrogen (secondary N) is 1. The van der Waals surface area contributed by atoms with Gasteiger partial charge < -0.3 is 11.1 Å². The topological polar surface area (TPSA) is 68.0 Å². The van der Waals surface area contributed by atoms with Crippen LogP contribution in [0.5, 0.6) is 0 Å². The highest BCUT2D eigenvalue weighted by atomic mass is 35.5. The number of carbonyl (C=O) groups is 1. The SMILES string of the molecule is CC(C)(C)[C@@H](N)C(=O)Nc1nc2ccc(Cl)cc2s1. The molecule has 0 aliphatic heterocycles. The third-order valence-electron chi connectivity index (χ3n) is 2.80. The van der Waals surface area contributed by atoms with E-state index in [4.69, 9.17) is 17.3 Å². The Hall–Kier alpha value is -1.17. The van der Waals surface area contributed by atoms with Crippen molar-refractivity contribution < 1.29 is 4.79 Å². The monoisotopic (exact) mass is 297 g/mol. The van der Waals surface area contributed by atoms with Crippen molar-refractivity contribution in [3.8, 4) is 0 Å². The summed E-state index contributed by atoms with van der Waals surface area (Å²) in [5.41, 5.74) is 6.43. The molecule has 3 N–H and O–H groups in total. The molecule has 0 radical (unpaired) electrons. The molecule has 4 nitrogen and oxygen atoms in total. The molecule has 0 saturated heterocycles. The molecule has 0 aliphatic carbocycles. The van der Waals surface area contributed by atoms with Crippen LogP contribution in [0.15, 0.2) is 18.2 Å². The largest absolute Gasteiger partial charge is 0.319 e. The van der Waals surface area contributed by atoms with Crippen LogP contribution in [0.1, 0.15) is 20.8 Å². The maximum Gasteiger partial charge on any atom is 0.243 e. The number of nitrogens with zero attached hydrogens (tertiary/aromatic N) is 1. The van der Waals surface area contributed by atoms with E-state index in [2.05, 4.69) is 10.3 Å². The molecule has 1 aromatic carbocycles. The molecule has 102 valence electrons. The molecule has 2 rings (SSSR count). The lowest BCUT2D eigenvalue weighted by molar-refractivity contribution is -0.119. The number of thiazole rings is 1. The smallest absolute Gasteiger partial charge is 0.243 e. The number of nitrogens with two attached hydrogens (primary N) is 1. The molecule has 19 heavy (non-hydrogen) atoms. The van der Waals surface area contributed by atoms with E-state index in [0.29, 0.717) is 10.2 Å². The molecule has 2 aromatic rings. The Morgan fingerprint density at radius 1 is 1.47 bits per heavy atom. The second-order valence-corrected chi connectivity index (χ2v) is 6.93. The van der Waals surface area contributed by atoms with Gasteiger partial charge in [-0.25, -0.2) is 4.98 Å². The zero-order valence-electron chi connectivity index (χ0n) is 11.0. The number of rotatable bonds is 2. The number of halogens is 1. The van der Waals surface area contributed by atoms with E-state index in [1.807, 2.05) is 32.9 Å². The van der Waals surface area contributed by atoms with Crippen LogP contribution in [0.2, 0.25) is 5.02 Å². The molecule has 0 unspecified atom stereocenters. The summed E-state index contributed by atoms with van der Waals surface area (Å²) in [7, 11) is 0. The number of anilines is 1. The van der Waals surface area contributed by atoms with Crippen molar-refractivity contribution >= 4 is 44.2 Å². The first-order valence-electron chi connectivity index (χ1n) is 5.90. The molecule has 1 heterocycles.